The number of aromatic nitrogens is 2. The molecule has 1 aliphatic rings. The molecule has 5 rings (SSSR count). The minimum absolute atomic E-state index is 0.0193. The van der Waals surface area contributed by atoms with Crippen molar-refractivity contribution in [2.45, 2.75) is 52.5 Å². The van der Waals surface area contributed by atoms with Crippen LogP contribution in [0.15, 0.2) is 60.8 Å². The van der Waals surface area contributed by atoms with Crippen molar-refractivity contribution in [1.29, 1.82) is 0 Å². The molecule has 1 aliphatic heterocycles. The molecular weight excluding hydrogens is 595 g/mol. The Morgan fingerprint density at radius 2 is 1.72 bits per heavy atom. The van der Waals surface area contributed by atoms with E-state index in [4.69, 9.17) is 4.74 Å². The maximum absolute atomic E-state index is 15.3. The number of aryl methyl sites for hydroxylation is 3. The van der Waals surface area contributed by atoms with Crippen LogP contribution < -0.4 is 15.0 Å². The molecule has 1 atom stereocenters. The molecular formula is C35H38F3N5O3. The summed E-state index contributed by atoms with van der Waals surface area (Å²) in [5, 5.41) is 13.4. The Labute approximate surface area is 266 Å². The van der Waals surface area contributed by atoms with Gasteiger partial charge in [-0.05, 0) is 106 Å². The number of nitrogens with one attached hydrogen (secondary N) is 1. The van der Waals surface area contributed by atoms with Gasteiger partial charge in [-0.3, -0.25) is 0 Å². The average molecular weight is 634 g/mol. The molecule has 0 spiro atoms. The Balaban J connectivity index is 1.39. The van der Waals surface area contributed by atoms with Crippen LogP contribution in [0.1, 0.15) is 59.5 Å². The van der Waals surface area contributed by atoms with Gasteiger partial charge in [0, 0.05) is 30.1 Å². The van der Waals surface area contributed by atoms with Gasteiger partial charge in [0.05, 0.1) is 12.6 Å². The van der Waals surface area contributed by atoms with E-state index in [9.17, 15) is 18.7 Å². The highest BCUT2D eigenvalue weighted by molar-refractivity contribution is 5.87. The van der Waals surface area contributed by atoms with E-state index in [1.165, 1.54) is 43.7 Å². The predicted octanol–water partition coefficient (Wildman–Crippen LogP) is 8.09. The summed E-state index contributed by atoms with van der Waals surface area (Å²) in [5.41, 5.74) is 2.99. The van der Waals surface area contributed by atoms with Crippen molar-refractivity contribution in [1.82, 2.24) is 14.9 Å². The second-order valence-electron chi connectivity index (χ2n) is 11.6. The van der Waals surface area contributed by atoms with E-state index in [-0.39, 0.29) is 23.1 Å². The van der Waals surface area contributed by atoms with Gasteiger partial charge in [0.2, 0.25) is 5.95 Å². The molecule has 1 saturated heterocycles. The van der Waals surface area contributed by atoms with Crippen molar-refractivity contribution in [2.24, 2.45) is 0 Å². The first-order valence-corrected chi connectivity index (χ1v) is 15.4. The van der Waals surface area contributed by atoms with Crippen molar-refractivity contribution in [3.63, 3.8) is 0 Å². The lowest BCUT2D eigenvalue weighted by Gasteiger charge is -2.32. The van der Waals surface area contributed by atoms with E-state index in [0.717, 1.165) is 54.7 Å². The molecule has 0 bridgehead atoms. The second kappa shape index (κ2) is 14.6. The predicted molar refractivity (Wildman–Crippen MR) is 171 cm³/mol. The number of piperidine rings is 1. The monoisotopic (exact) mass is 633 g/mol. The zero-order chi connectivity index (χ0) is 32.8. The van der Waals surface area contributed by atoms with Crippen LogP contribution >= 0.6 is 0 Å². The number of benzene rings is 3. The summed E-state index contributed by atoms with van der Waals surface area (Å²) in [4.78, 5) is 24.7. The summed E-state index contributed by atoms with van der Waals surface area (Å²) in [7, 11) is 0. The first-order valence-electron chi connectivity index (χ1n) is 15.4. The summed E-state index contributed by atoms with van der Waals surface area (Å²) < 4.78 is 50.4. The number of ether oxygens (including phenoxy) is 1. The number of nitrogens with zero attached hydrogens (tertiary/aromatic N) is 4. The first-order chi connectivity index (χ1) is 22.1. The fourth-order valence-corrected chi connectivity index (χ4v) is 6.13. The third kappa shape index (κ3) is 7.77. The van der Waals surface area contributed by atoms with Crippen LogP contribution in [0.2, 0.25) is 0 Å². The zero-order valence-corrected chi connectivity index (χ0v) is 26.2. The number of carbonyl (C=O) groups is 1. The molecule has 1 amide bonds. The molecule has 1 aromatic heterocycles. The van der Waals surface area contributed by atoms with E-state index >= 15 is 4.39 Å². The summed E-state index contributed by atoms with van der Waals surface area (Å²) in [5.74, 6) is -2.04. The van der Waals surface area contributed by atoms with Crippen LogP contribution in [-0.2, 0) is 0 Å². The second-order valence-corrected chi connectivity index (χ2v) is 11.6. The first kappa shape index (κ1) is 32.7. The Bertz CT molecular complexity index is 1670. The van der Waals surface area contributed by atoms with Crippen LogP contribution in [0.3, 0.4) is 0 Å². The van der Waals surface area contributed by atoms with Crippen LogP contribution in [0.4, 0.5) is 35.4 Å². The van der Waals surface area contributed by atoms with E-state index in [1.54, 1.807) is 19.9 Å². The zero-order valence-electron chi connectivity index (χ0n) is 26.2. The Hall–Kier alpha value is -4.64. The van der Waals surface area contributed by atoms with E-state index in [2.05, 4.69) is 20.2 Å². The van der Waals surface area contributed by atoms with Gasteiger partial charge in [0.25, 0.3) is 0 Å². The molecule has 2 N–H and O–H groups in total. The van der Waals surface area contributed by atoms with Crippen molar-refractivity contribution in [3.8, 4) is 5.75 Å². The molecule has 46 heavy (non-hydrogen) atoms. The average Bonchev–Trinajstić information content (AvgIpc) is 3.01. The normalized spacial score (nSPS) is 14.1. The van der Waals surface area contributed by atoms with Gasteiger partial charge >= 0.3 is 6.09 Å². The van der Waals surface area contributed by atoms with Crippen molar-refractivity contribution in [3.05, 3.63) is 106 Å². The summed E-state index contributed by atoms with van der Waals surface area (Å²) >= 11 is 0. The molecule has 11 heteroatoms. The Morgan fingerprint density at radius 1 is 0.978 bits per heavy atom. The molecule has 1 fully saturated rings. The van der Waals surface area contributed by atoms with E-state index < -0.39 is 29.6 Å². The number of halogens is 3. The van der Waals surface area contributed by atoms with Crippen LogP contribution in [0.25, 0.3) is 0 Å². The van der Waals surface area contributed by atoms with Crippen molar-refractivity contribution < 1.29 is 27.8 Å². The lowest BCUT2D eigenvalue weighted by molar-refractivity contribution is 0.199. The van der Waals surface area contributed by atoms with Crippen LogP contribution in [0, 0.1) is 38.2 Å². The number of anilines is 3. The Kier molecular flexibility index (Phi) is 10.4. The summed E-state index contributed by atoms with van der Waals surface area (Å²) in [6.07, 6.45) is 4.39. The lowest BCUT2D eigenvalue weighted by atomic mass is 9.88. The molecule has 0 radical (unpaired) electrons. The molecule has 0 aliphatic carbocycles. The largest absolute Gasteiger partial charge is 0.490 e. The van der Waals surface area contributed by atoms with Gasteiger partial charge in [0.15, 0.2) is 11.6 Å². The molecule has 1 unspecified atom stereocenters. The third-order valence-electron chi connectivity index (χ3n) is 8.13. The molecule has 4 aromatic rings. The third-order valence-corrected chi connectivity index (χ3v) is 8.13. The maximum atomic E-state index is 15.3. The van der Waals surface area contributed by atoms with Crippen molar-refractivity contribution in [2.75, 3.05) is 36.5 Å². The quantitative estimate of drug-likeness (QED) is 0.161. The SMILES string of the molecule is Cc1cc(C)c(C(c2cc(F)ccc2F)N(C(=O)O)c2ccnc(Nc3ccc(OCCCN4CCCCC4)c(F)c3)n2)c(C)c1. The van der Waals surface area contributed by atoms with Crippen molar-refractivity contribution >= 4 is 23.5 Å². The number of rotatable bonds is 11. The Morgan fingerprint density at radius 3 is 2.41 bits per heavy atom. The molecule has 242 valence electrons. The molecule has 0 saturated carbocycles. The topological polar surface area (TPSA) is 90.8 Å². The highest BCUT2D eigenvalue weighted by Crippen LogP contribution is 2.38. The number of amides is 1. The number of likely N-dealkylation sites (tertiary alicyclic amines) is 1. The smallest absolute Gasteiger partial charge is 0.413 e. The van der Waals surface area contributed by atoms with Gasteiger partial charge in [-0.2, -0.15) is 4.98 Å². The highest BCUT2D eigenvalue weighted by Gasteiger charge is 2.34. The standard InChI is InChI=1S/C35H38F3N5O3/c1-22-18-23(2)32(24(3)19-22)33(27-20-25(36)8-10-28(27)37)43(35(44)45)31-12-13-39-34(41-31)40-26-9-11-30(29(38)21-26)46-17-7-16-42-14-5-4-6-15-42/h8-13,18-21,33H,4-7,14-17H2,1-3H3,(H,44,45)(H,39,40,41). The number of hydrogen-bond acceptors (Lipinski definition) is 6. The van der Waals surface area contributed by atoms with Crippen LogP contribution in [-0.4, -0.2) is 52.3 Å². The van der Waals surface area contributed by atoms with Gasteiger partial charge in [-0.1, -0.05) is 24.1 Å². The molecule has 2 heterocycles. The summed E-state index contributed by atoms with van der Waals surface area (Å²) in [6.45, 7) is 8.98. The fourth-order valence-electron chi connectivity index (χ4n) is 6.13. The highest BCUT2D eigenvalue weighted by atomic mass is 19.1. The molecule has 3 aromatic carbocycles. The van der Waals surface area contributed by atoms with E-state index in [0.29, 0.717) is 29.0 Å². The van der Waals surface area contributed by atoms with Gasteiger partial charge in [-0.15, -0.1) is 0 Å². The van der Waals surface area contributed by atoms with Gasteiger partial charge < -0.3 is 20.1 Å². The lowest BCUT2D eigenvalue weighted by Crippen LogP contribution is -2.36. The summed E-state index contributed by atoms with van der Waals surface area (Å²) in [6, 6.07) is 11.1. The van der Waals surface area contributed by atoms with E-state index in [1.807, 2.05) is 19.1 Å². The minimum atomic E-state index is -1.44. The fraction of sp³-hybridized carbons (Fsp3) is 0.343. The van der Waals surface area contributed by atoms with Gasteiger partial charge in [-0.25, -0.2) is 27.8 Å². The van der Waals surface area contributed by atoms with Gasteiger partial charge in [0.1, 0.15) is 17.5 Å². The number of carboxylic acid groups (broad SMARTS) is 1. The van der Waals surface area contributed by atoms with Crippen LogP contribution in [0.5, 0.6) is 5.75 Å². The number of hydrogen-bond donors (Lipinski definition) is 2. The maximum Gasteiger partial charge on any atom is 0.413 e. The minimum Gasteiger partial charge on any atom is -0.490 e. The molecule has 8 nitrogen and oxygen atoms in total.